The fourth-order valence-electron chi connectivity index (χ4n) is 4.20. The highest BCUT2D eigenvalue weighted by atomic mass is 35.5. The predicted octanol–water partition coefficient (Wildman–Crippen LogP) is 0.933. The number of carboxylic acids is 1. The Morgan fingerprint density at radius 3 is 2.74 bits per heavy atom. The van der Waals surface area contributed by atoms with Crippen LogP contribution in [-0.2, 0) is 24.0 Å². The average molecular weight is 744 g/mol. The summed E-state index contributed by atoms with van der Waals surface area (Å²) in [7, 11) is 0. The molecule has 0 radical (unpaired) electrons. The largest absolute Gasteiger partial charge is 0.504 e. The summed E-state index contributed by atoms with van der Waals surface area (Å²) in [4.78, 5) is 62.0. The van der Waals surface area contributed by atoms with Gasteiger partial charge in [0.05, 0.1) is 6.21 Å². The number of carbonyl (C=O) groups excluding carboxylic acids is 3. The van der Waals surface area contributed by atoms with Gasteiger partial charge >= 0.3 is 5.97 Å². The van der Waals surface area contributed by atoms with E-state index in [9.17, 15) is 34.5 Å². The maximum atomic E-state index is 13.4. The van der Waals surface area contributed by atoms with E-state index < -0.39 is 46.6 Å². The number of aliphatic carboxylic acids is 1. The molecule has 0 spiro atoms. The van der Waals surface area contributed by atoms with Crippen molar-refractivity contribution in [2.45, 2.75) is 28.8 Å². The number of benzene rings is 1. The number of nitrogens with one attached hydrogen (secondary N) is 2. The molecule has 4 heterocycles. The van der Waals surface area contributed by atoms with Crippen LogP contribution in [0.3, 0.4) is 0 Å². The fourth-order valence-corrected chi connectivity index (χ4v) is 8.10. The van der Waals surface area contributed by atoms with Gasteiger partial charge in [0.15, 0.2) is 26.7 Å². The number of anilines is 1. The second kappa shape index (κ2) is 15.2. The smallest absolute Gasteiger partial charge is 0.313 e. The number of rotatable bonds is 12. The van der Waals surface area contributed by atoms with Crippen molar-refractivity contribution in [1.29, 1.82) is 0 Å². The van der Waals surface area contributed by atoms with E-state index in [1.54, 1.807) is 5.51 Å². The van der Waals surface area contributed by atoms with Crippen molar-refractivity contribution >= 4 is 99.4 Å². The SMILES string of the molecule is CC(ON=C(C(=O)NC1C(=O)N2CC(CSc3nncs3)(C(=O)O)CS[C@H]12)c1csc(N)n1)C(=O)NN=Cc1ccc(O)c(O)c1.Cl. The number of aromatic nitrogens is 3. The molecule has 5 rings (SSSR count). The van der Waals surface area contributed by atoms with Gasteiger partial charge in [-0.15, -0.1) is 45.7 Å². The molecular formula is C25H26ClN9O8S4. The summed E-state index contributed by atoms with van der Waals surface area (Å²) in [6.45, 7) is 1.32. The van der Waals surface area contributed by atoms with Crippen LogP contribution in [0, 0.1) is 5.41 Å². The molecular weight excluding hydrogens is 718 g/mol. The molecule has 17 nitrogen and oxygen atoms in total. The zero-order chi connectivity index (χ0) is 33.0. The molecule has 1 aromatic carbocycles. The first-order chi connectivity index (χ1) is 22.0. The van der Waals surface area contributed by atoms with Gasteiger partial charge in [-0.1, -0.05) is 28.3 Å². The van der Waals surface area contributed by atoms with E-state index >= 15 is 0 Å². The number of fused-ring (bicyclic) bond motifs is 1. The highest BCUT2D eigenvalue weighted by Crippen LogP contribution is 2.44. The minimum absolute atomic E-state index is 0. The number of thiazole rings is 1. The number of thioether (sulfide) groups is 2. The third-order valence-electron chi connectivity index (χ3n) is 6.74. The van der Waals surface area contributed by atoms with Crippen LogP contribution in [0.25, 0.3) is 0 Å². The van der Waals surface area contributed by atoms with Gasteiger partial charge in [0.25, 0.3) is 11.8 Å². The van der Waals surface area contributed by atoms with Crippen molar-refractivity contribution in [3.8, 4) is 11.5 Å². The number of hydrogen-bond donors (Lipinski definition) is 6. The molecule has 47 heavy (non-hydrogen) atoms. The fraction of sp³-hybridized carbons (Fsp3) is 0.320. The van der Waals surface area contributed by atoms with Gasteiger partial charge in [-0.3, -0.25) is 19.2 Å². The highest BCUT2D eigenvalue weighted by molar-refractivity contribution is 8.01. The first kappa shape index (κ1) is 35.7. The molecule has 0 saturated carbocycles. The average Bonchev–Trinajstić information content (AvgIpc) is 3.72. The number of phenols is 2. The molecule has 3 amide bonds. The number of halogens is 1. The molecule has 2 aromatic heterocycles. The van der Waals surface area contributed by atoms with Crippen LogP contribution in [0.2, 0.25) is 0 Å². The molecule has 22 heteroatoms. The van der Waals surface area contributed by atoms with Crippen molar-refractivity contribution < 1.29 is 39.3 Å². The zero-order valence-corrected chi connectivity index (χ0v) is 28.1. The third-order valence-corrected chi connectivity index (χ3v) is 11.1. The second-order valence-corrected chi connectivity index (χ2v) is 14.0. The lowest BCUT2D eigenvalue weighted by Crippen LogP contribution is -2.74. The van der Waals surface area contributed by atoms with Crippen LogP contribution in [0.15, 0.2) is 43.7 Å². The predicted molar refractivity (Wildman–Crippen MR) is 177 cm³/mol. The third kappa shape index (κ3) is 8.04. The number of aromatic hydroxyl groups is 2. The Morgan fingerprint density at radius 1 is 1.30 bits per heavy atom. The first-order valence-electron chi connectivity index (χ1n) is 13.1. The molecule has 250 valence electrons. The minimum atomic E-state index is -1.24. The Hall–Kier alpha value is -4.18. The summed E-state index contributed by atoms with van der Waals surface area (Å²) in [6, 6.07) is 2.99. The van der Waals surface area contributed by atoms with Crippen LogP contribution in [0.5, 0.6) is 11.5 Å². The number of carboxylic acid groups (broad SMARTS) is 1. The van der Waals surface area contributed by atoms with Crippen LogP contribution in [0.1, 0.15) is 18.2 Å². The molecule has 4 atom stereocenters. The summed E-state index contributed by atoms with van der Waals surface area (Å²) >= 11 is 4.84. The van der Waals surface area contributed by atoms with Crippen LogP contribution in [0.4, 0.5) is 5.13 Å². The Bertz CT molecular complexity index is 1710. The summed E-state index contributed by atoms with van der Waals surface area (Å²) in [5.41, 5.74) is 8.42. The number of carbonyl (C=O) groups is 4. The normalized spacial score (nSPS) is 21.3. The monoisotopic (exact) mass is 743 g/mol. The number of nitrogens with zero attached hydrogens (tertiary/aromatic N) is 6. The number of oxime groups is 1. The Labute approximate surface area is 288 Å². The van der Waals surface area contributed by atoms with Crippen LogP contribution in [-0.4, -0.2) is 107 Å². The molecule has 0 bridgehead atoms. The van der Waals surface area contributed by atoms with E-state index in [1.807, 2.05) is 0 Å². The van der Waals surface area contributed by atoms with Crippen molar-refractivity contribution in [3.05, 3.63) is 40.3 Å². The number of β-lactam (4-membered cyclic amide) rings is 1. The summed E-state index contributed by atoms with van der Waals surface area (Å²) in [6.07, 6.45) is -0.00900. The van der Waals surface area contributed by atoms with Gasteiger partial charge in [-0.25, -0.2) is 10.4 Å². The number of hydrazone groups is 1. The molecule has 3 unspecified atom stereocenters. The van der Waals surface area contributed by atoms with Gasteiger partial charge in [0.1, 0.15) is 28.0 Å². The van der Waals surface area contributed by atoms with Crippen molar-refractivity contribution in [2.24, 2.45) is 15.7 Å². The number of amides is 3. The lowest BCUT2D eigenvalue weighted by Gasteiger charge is -2.53. The van der Waals surface area contributed by atoms with Gasteiger partial charge in [0.2, 0.25) is 12.0 Å². The number of nitrogens with two attached hydrogens (primary N) is 1. The van der Waals surface area contributed by atoms with Gasteiger partial charge in [-0.2, -0.15) is 5.10 Å². The van der Waals surface area contributed by atoms with Crippen LogP contribution < -0.4 is 16.5 Å². The molecule has 2 aliphatic heterocycles. The Kier molecular flexibility index (Phi) is 11.5. The molecule has 2 aliphatic rings. The summed E-state index contributed by atoms with van der Waals surface area (Å²) in [5, 5.41) is 48.0. The van der Waals surface area contributed by atoms with Crippen LogP contribution >= 0.6 is 58.6 Å². The second-order valence-electron chi connectivity index (χ2n) is 9.94. The van der Waals surface area contributed by atoms with Crippen molar-refractivity contribution in [1.82, 2.24) is 30.8 Å². The zero-order valence-electron chi connectivity index (χ0n) is 24.0. The van der Waals surface area contributed by atoms with Gasteiger partial charge in [-0.05, 0) is 30.7 Å². The number of hydrogen-bond acceptors (Lipinski definition) is 17. The lowest BCUT2D eigenvalue weighted by atomic mass is 9.89. The standard InChI is InChI=1S/C25H25N9O8S4.ClH/c1-11(18(37)31-27-5-12-2-3-14(35)15(36)4-12)42-33-16(13-6-43-23(26)29-13)19(38)30-17-20(39)34-7-25(22(40)41,8-44-21(17)34)9-45-24-32-28-10-46-24;/h2-6,10-11,17,21,35-36H,7-9H2,1H3,(H2,26,29)(H,30,38)(H,31,37)(H,40,41);1H/t11?,17?,21-,25?;/m1./s1. The number of nitrogen functional groups attached to an aromatic ring is 1. The first-order valence-corrected chi connectivity index (χ1v) is 16.9. The summed E-state index contributed by atoms with van der Waals surface area (Å²) in [5.74, 6) is -3.32. The van der Waals surface area contributed by atoms with E-state index in [4.69, 9.17) is 10.6 Å². The Morgan fingerprint density at radius 2 is 2.09 bits per heavy atom. The topological polar surface area (TPSA) is 255 Å². The van der Waals surface area contributed by atoms with E-state index in [0.29, 0.717) is 9.90 Å². The highest BCUT2D eigenvalue weighted by Gasteiger charge is 2.57. The van der Waals surface area contributed by atoms with E-state index in [0.717, 1.165) is 11.3 Å². The number of phenolic OH excluding ortho intramolecular Hbond substituents is 2. The van der Waals surface area contributed by atoms with E-state index in [2.05, 4.69) is 36.2 Å². The molecule has 2 saturated heterocycles. The van der Waals surface area contributed by atoms with Crippen molar-refractivity contribution in [2.75, 3.05) is 23.8 Å². The molecule has 2 fully saturated rings. The molecule has 0 aliphatic carbocycles. The van der Waals surface area contributed by atoms with E-state index in [-0.39, 0.29) is 58.5 Å². The Balaban J connectivity index is 0.00000500. The van der Waals surface area contributed by atoms with E-state index in [1.165, 1.54) is 76.5 Å². The molecule has 3 aromatic rings. The van der Waals surface area contributed by atoms with Gasteiger partial charge < -0.3 is 36.1 Å². The minimum Gasteiger partial charge on any atom is -0.504 e. The molecule has 7 N–H and O–H groups in total. The van der Waals surface area contributed by atoms with Crippen molar-refractivity contribution in [3.63, 3.8) is 0 Å². The quantitative estimate of drug-likeness (QED) is 0.0496. The summed E-state index contributed by atoms with van der Waals surface area (Å²) < 4.78 is 0.624. The maximum absolute atomic E-state index is 13.4. The maximum Gasteiger partial charge on any atom is 0.313 e. The lowest BCUT2D eigenvalue weighted by molar-refractivity contribution is -0.157. The van der Waals surface area contributed by atoms with Gasteiger partial charge in [0, 0.05) is 23.4 Å².